The van der Waals surface area contributed by atoms with Gasteiger partial charge in [-0.15, -0.1) is 11.3 Å². The van der Waals surface area contributed by atoms with Crippen LogP contribution >= 0.6 is 22.9 Å². The Bertz CT molecular complexity index is 1120. The van der Waals surface area contributed by atoms with Gasteiger partial charge in [-0.05, 0) is 29.6 Å². The molecule has 0 saturated heterocycles. The van der Waals surface area contributed by atoms with Crippen molar-refractivity contribution >= 4 is 56.7 Å². The minimum atomic E-state index is -0.986. The van der Waals surface area contributed by atoms with Crippen molar-refractivity contribution in [2.75, 3.05) is 11.9 Å². The first-order valence-electron chi connectivity index (χ1n) is 7.43. The summed E-state index contributed by atoms with van der Waals surface area (Å²) in [4.78, 5) is 47.2. The van der Waals surface area contributed by atoms with Gasteiger partial charge >= 0.3 is 5.97 Å². The van der Waals surface area contributed by atoms with E-state index < -0.39 is 29.8 Å². The number of nitrogens with one attached hydrogen (secondary N) is 1. The van der Waals surface area contributed by atoms with Crippen LogP contribution in [0.5, 0.6) is 0 Å². The van der Waals surface area contributed by atoms with Crippen LogP contribution in [0.4, 0.5) is 5.00 Å². The van der Waals surface area contributed by atoms with Gasteiger partial charge in [-0.2, -0.15) is 0 Å². The summed E-state index contributed by atoms with van der Waals surface area (Å²) >= 11 is 6.92. The van der Waals surface area contributed by atoms with E-state index in [9.17, 15) is 19.2 Å². The molecule has 0 aliphatic heterocycles. The maximum atomic E-state index is 12.1. The van der Waals surface area contributed by atoms with Gasteiger partial charge in [-0.25, -0.2) is 4.79 Å². The van der Waals surface area contributed by atoms with Gasteiger partial charge in [0, 0.05) is 11.1 Å². The first-order valence-corrected chi connectivity index (χ1v) is 8.68. The molecular formula is C17H11ClN2O6S. The number of rotatable bonds is 5. The predicted octanol–water partition coefficient (Wildman–Crippen LogP) is 2.40. The van der Waals surface area contributed by atoms with Crippen LogP contribution in [-0.2, 0) is 9.53 Å². The fraction of sp³-hybridized carbons (Fsp3) is 0.0588. The molecule has 8 nitrogen and oxygen atoms in total. The van der Waals surface area contributed by atoms with Crippen molar-refractivity contribution in [2.45, 2.75) is 0 Å². The second-order valence-electron chi connectivity index (χ2n) is 5.27. The molecular weight excluding hydrogens is 396 g/mol. The van der Waals surface area contributed by atoms with Crippen molar-refractivity contribution in [3.8, 4) is 0 Å². The van der Waals surface area contributed by atoms with Gasteiger partial charge in [-0.1, -0.05) is 11.6 Å². The normalized spacial score (nSPS) is 10.6. The standard InChI is InChI=1S/C17H11ClN2O6S/c18-8-1-2-12-10(5-8)11(21)6-13(26-12)17(24)25-7-14(22)20-16-9(15(19)23)3-4-27-16/h1-6H,7H2,(H2,19,23)(H,20,22). The number of primary amides is 1. The van der Waals surface area contributed by atoms with E-state index in [1.807, 2.05) is 0 Å². The molecule has 27 heavy (non-hydrogen) atoms. The molecule has 0 bridgehead atoms. The number of fused-ring (bicyclic) bond motifs is 1. The lowest BCUT2D eigenvalue weighted by Crippen LogP contribution is -2.22. The number of ether oxygens (including phenoxy) is 1. The summed E-state index contributed by atoms with van der Waals surface area (Å²) in [7, 11) is 0. The lowest BCUT2D eigenvalue weighted by molar-refractivity contribution is -0.119. The first kappa shape index (κ1) is 18.6. The summed E-state index contributed by atoms with van der Waals surface area (Å²) in [5.74, 6) is -2.71. The van der Waals surface area contributed by atoms with Gasteiger partial charge in [0.1, 0.15) is 10.6 Å². The van der Waals surface area contributed by atoms with Crippen LogP contribution < -0.4 is 16.5 Å². The van der Waals surface area contributed by atoms with Gasteiger partial charge in [0.2, 0.25) is 5.76 Å². The number of hydrogen-bond acceptors (Lipinski definition) is 7. The minimum Gasteiger partial charge on any atom is -0.450 e. The summed E-state index contributed by atoms with van der Waals surface area (Å²) in [5.41, 5.74) is 5.02. The van der Waals surface area contributed by atoms with Crippen LogP contribution in [0.2, 0.25) is 5.02 Å². The number of nitrogens with two attached hydrogens (primary N) is 1. The molecule has 0 fully saturated rings. The lowest BCUT2D eigenvalue weighted by atomic mass is 10.2. The summed E-state index contributed by atoms with van der Waals surface area (Å²) in [5, 5.41) is 4.82. The molecule has 0 spiro atoms. The highest BCUT2D eigenvalue weighted by Gasteiger charge is 2.17. The Kier molecular flexibility index (Phi) is 5.24. The first-order chi connectivity index (χ1) is 12.8. The van der Waals surface area contributed by atoms with Crippen molar-refractivity contribution in [2.24, 2.45) is 5.73 Å². The highest BCUT2D eigenvalue weighted by molar-refractivity contribution is 7.14. The quantitative estimate of drug-likeness (QED) is 0.626. The molecule has 0 saturated carbocycles. The third kappa shape index (κ3) is 4.15. The predicted molar refractivity (Wildman–Crippen MR) is 99.2 cm³/mol. The molecule has 0 radical (unpaired) electrons. The highest BCUT2D eigenvalue weighted by atomic mass is 35.5. The lowest BCUT2D eigenvalue weighted by Gasteiger charge is -2.06. The molecule has 3 N–H and O–H groups in total. The molecule has 3 aromatic rings. The largest absolute Gasteiger partial charge is 0.450 e. The third-order valence-electron chi connectivity index (χ3n) is 3.41. The van der Waals surface area contributed by atoms with E-state index in [2.05, 4.69) is 5.32 Å². The number of benzene rings is 1. The van der Waals surface area contributed by atoms with Gasteiger partial charge < -0.3 is 20.2 Å². The summed E-state index contributed by atoms with van der Waals surface area (Å²) < 4.78 is 10.2. The Hall–Kier alpha value is -3.17. The Morgan fingerprint density at radius 3 is 2.74 bits per heavy atom. The molecule has 0 aliphatic rings. The molecule has 2 heterocycles. The Morgan fingerprint density at radius 2 is 2.00 bits per heavy atom. The van der Waals surface area contributed by atoms with Crippen LogP contribution in [-0.4, -0.2) is 24.4 Å². The Labute approximate surface area is 160 Å². The third-order valence-corrected chi connectivity index (χ3v) is 4.47. The fourth-order valence-corrected chi connectivity index (χ4v) is 3.17. The van der Waals surface area contributed by atoms with Crippen molar-refractivity contribution in [3.63, 3.8) is 0 Å². The Balaban J connectivity index is 1.69. The van der Waals surface area contributed by atoms with Crippen molar-refractivity contribution < 1.29 is 23.5 Å². The molecule has 0 aliphatic carbocycles. The number of carbonyl (C=O) groups excluding carboxylic acids is 3. The van der Waals surface area contributed by atoms with Gasteiger partial charge in [0.25, 0.3) is 11.8 Å². The maximum Gasteiger partial charge on any atom is 0.374 e. The molecule has 2 amide bonds. The second-order valence-corrected chi connectivity index (χ2v) is 6.62. The maximum absolute atomic E-state index is 12.1. The number of anilines is 1. The molecule has 10 heteroatoms. The molecule has 1 aromatic carbocycles. The van der Waals surface area contributed by atoms with Gasteiger partial charge in [-0.3, -0.25) is 14.4 Å². The number of carbonyl (C=O) groups is 3. The monoisotopic (exact) mass is 406 g/mol. The zero-order valence-corrected chi connectivity index (χ0v) is 15.1. The van der Waals surface area contributed by atoms with Crippen molar-refractivity contribution in [1.29, 1.82) is 0 Å². The second kappa shape index (κ2) is 7.60. The topological polar surface area (TPSA) is 129 Å². The average molecular weight is 407 g/mol. The van der Waals surface area contributed by atoms with E-state index in [0.717, 1.165) is 17.4 Å². The number of halogens is 1. The average Bonchev–Trinajstić information content (AvgIpc) is 3.08. The number of thiophene rings is 1. The minimum absolute atomic E-state index is 0.152. The molecule has 2 aromatic heterocycles. The van der Waals surface area contributed by atoms with E-state index in [0.29, 0.717) is 5.02 Å². The fourth-order valence-electron chi connectivity index (χ4n) is 2.19. The number of hydrogen-bond donors (Lipinski definition) is 2. The number of esters is 1. The zero-order chi connectivity index (χ0) is 19.6. The van der Waals surface area contributed by atoms with Crippen LogP contribution in [0.15, 0.2) is 44.9 Å². The zero-order valence-electron chi connectivity index (χ0n) is 13.5. The highest BCUT2D eigenvalue weighted by Crippen LogP contribution is 2.22. The van der Waals surface area contributed by atoms with Gasteiger partial charge in [0.15, 0.2) is 12.0 Å². The molecule has 0 unspecified atom stereocenters. The van der Waals surface area contributed by atoms with E-state index in [1.165, 1.54) is 24.3 Å². The van der Waals surface area contributed by atoms with E-state index in [-0.39, 0.29) is 27.3 Å². The summed E-state index contributed by atoms with van der Waals surface area (Å²) in [6, 6.07) is 6.80. The molecule has 138 valence electrons. The number of amides is 2. The van der Waals surface area contributed by atoms with Crippen molar-refractivity contribution in [1.82, 2.24) is 0 Å². The smallest absolute Gasteiger partial charge is 0.374 e. The summed E-state index contributed by atoms with van der Waals surface area (Å²) in [6.07, 6.45) is 0. The molecule has 3 rings (SSSR count). The molecule has 0 atom stereocenters. The summed E-state index contributed by atoms with van der Waals surface area (Å²) in [6.45, 7) is -0.642. The Morgan fingerprint density at radius 1 is 1.22 bits per heavy atom. The van der Waals surface area contributed by atoms with E-state index in [1.54, 1.807) is 5.38 Å². The van der Waals surface area contributed by atoms with E-state index >= 15 is 0 Å². The SMILES string of the molecule is NC(=O)c1ccsc1NC(=O)COC(=O)c1cc(=O)c2cc(Cl)ccc2o1. The van der Waals surface area contributed by atoms with Gasteiger partial charge in [0.05, 0.1) is 10.9 Å². The van der Waals surface area contributed by atoms with E-state index in [4.69, 9.17) is 26.5 Å². The van der Waals surface area contributed by atoms with Crippen molar-refractivity contribution in [3.05, 3.63) is 62.3 Å². The van der Waals surface area contributed by atoms with Crippen LogP contribution in [0, 0.1) is 0 Å². The van der Waals surface area contributed by atoms with Crippen LogP contribution in [0.25, 0.3) is 11.0 Å². The van der Waals surface area contributed by atoms with Crippen LogP contribution in [0.3, 0.4) is 0 Å². The van der Waals surface area contributed by atoms with Crippen LogP contribution in [0.1, 0.15) is 20.9 Å².